The van der Waals surface area contributed by atoms with E-state index in [1.807, 2.05) is 48.4 Å². The summed E-state index contributed by atoms with van der Waals surface area (Å²) in [5, 5.41) is 1.68. The number of aliphatic imine (C=N–C) groups is 1. The van der Waals surface area contributed by atoms with Crippen LogP contribution in [-0.2, 0) is 0 Å². The van der Waals surface area contributed by atoms with Crippen LogP contribution in [0.4, 0.5) is 4.39 Å². The molecular weight excluding hydrogens is 395 g/mol. The van der Waals surface area contributed by atoms with Crippen molar-refractivity contribution in [2.75, 3.05) is 6.54 Å². The summed E-state index contributed by atoms with van der Waals surface area (Å²) >= 11 is 7.85. The van der Waals surface area contributed by atoms with E-state index in [9.17, 15) is 4.39 Å². The standard InChI is InChI=1S/C21H18ClFN4S/c1-13-12-27-20(19(25-21(27)28-13)17-5-2-3-9-24-17)18-6-4-10-26(18)14-7-8-16(23)15(22)11-14/h2-11,13,19-20H,12H2,1H3. The maximum absolute atomic E-state index is 13.7. The van der Waals surface area contributed by atoms with Gasteiger partial charge in [-0.15, -0.1) is 0 Å². The maximum atomic E-state index is 13.7. The number of pyridine rings is 1. The van der Waals surface area contributed by atoms with E-state index in [0.29, 0.717) is 5.25 Å². The molecule has 0 bridgehead atoms. The van der Waals surface area contributed by atoms with Crippen molar-refractivity contribution in [1.82, 2.24) is 14.5 Å². The number of nitrogens with zero attached hydrogens (tertiary/aromatic N) is 4. The lowest BCUT2D eigenvalue weighted by Crippen LogP contribution is -2.30. The van der Waals surface area contributed by atoms with Crippen LogP contribution < -0.4 is 0 Å². The van der Waals surface area contributed by atoms with Gasteiger partial charge in [0.15, 0.2) is 5.17 Å². The molecular formula is C21H18ClFN4S. The molecule has 1 saturated heterocycles. The average molecular weight is 413 g/mol. The second-order valence-electron chi connectivity index (χ2n) is 7.04. The summed E-state index contributed by atoms with van der Waals surface area (Å²) in [4.78, 5) is 12.0. The van der Waals surface area contributed by atoms with Crippen molar-refractivity contribution >= 4 is 28.5 Å². The molecule has 28 heavy (non-hydrogen) atoms. The Balaban J connectivity index is 1.61. The van der Waals surface area contributed by atoms with E-state index in [2.05, 4.69) is 27.4 Å². The summed E-state index contributed by atoms with van der Waals surface area (Å²) in [6, 6.07) is 14.8. The Hall–Kier alpha value is -2.31. The second kappa shape index (κ2) is 6.94. The van der Waals surface area contributed by atoms with Gasteiger partial charge >= 0.3 is 0 Å². The highest BCUT2D eigenvalue weighted by Crippen LogP contribution is 2.47. The molecule has 3 unspecified atom stereocenters. The summed E-state index contributed by atoms with van der Waals surface area (Å²) in [5.41, 5.74) is 2.87. The molecule has 0 amide bonds. The van der Waals surface area contributed by atoms with E-state index < -0.39 is 5.82 Å². The number of amidine groups is 1. The van der Waals surface area contributed by atoms with Crippen molar-refractivity contribution in [3.63, 3.8) is 0 Å². The summed E-state index contributed by atoms with van der Waals surface area (Å²) in [5.74, 6) is -0.415. The predicted octanol–water partition coefficient (Wildman–Crippen LogP) is 5.25. The largest absolute Gasteiger partial charge is 0.339 e. The zero-order valence-corrected chi connectivity index (χ0v) is 16.7. The lowest BCUT2D eigenvalue weighted by Gasteiger charge is -2.28. The molecule has 7 heteroatoms. The van der Waals surface area contributed by atoms with Crippen molar-refractivity contribution in [3.8, 4) is 5.69 Å². The first-order valence-electron chi connectivity index (χ1n) is 9.16. The Bertz CT molecular complexity index is 1050. The van der Waals surface area contributed by atoms with Gasteiger partial charge in [-0.3, -0.25) is 9.98 Å². The highest BCUT2D eigenvalue weighted by Gasteiger charge is 2.44. The molecule has 142 valence electrons. The van der Waals surface area contributed by atoms with Crippen LogP contribution in [0.25, 0.3) is 5.69 Å². The molecule has 0 spiro atoms. The van der Waals surface area contributed by atoms with Gasteiger partial charge in [0.2, 0.25) is 0 Å². The van der Waals surface area contributed by atoms with Crippen LogP contribution in [0.5, 0.6) is 0 Å². The quantitative estimate of drug-likeness (QED) is 0.588. The summed E-state index contributed by atoms with van der Waals surface area (Å²) in [6.45, 7) is 3.16. The molecule has 3 aromatic rings. The lowest BCUT2D eigenvalue weighted by molar-refractivity contribution is 0.312. The SMILES string of the molecule is CC1CN2C(=NC(c3ccccn3)C2c2cccn2-c2ccc(F)c(Cl)c2)S1. The summed E-state index contributed by atoms with van der Waals surface area (Å²) in [6.07, 6.45) is 3.80. The molecule has 0 saturated carbocycles. The van der Waals surface area contributed by atoms with Crippen molar-refractivity contribution in [1.29, 1.82) is 0 Å². The molecule has 0 N–H and O–H groups in total. The van der Waals surface area contributed by atoms with E-state index in [0.717, 1.165) is 28.8 Å². The summed E-state index contributed by atoms with van der Waals surface area (Å²) < 4.78 is 15.7. The highest BCUT2D eigenvalue weighted by molar-refractivity contribution is 8.14. The van der Waals surface area contributed by atoms with Crippen molar-refractivity contribution in [2.24, 2.45) is 4.99 Å². The van der Waals surface area contributed by atoms with Gasteiger partial charge in [0.25, 0.3) is 0 Å². The van der Waals surface area contributed by atoms with Gasteiger partial charge in [-0.1, -0.05) is 36.4 Å². The first-order valence-corrected chi connectivity index (χ1v) is 10.4. The van der Waals surface area contributed by atoms with Crippen molar-refractivity contribution in [3.05, 3.63) is 83.2 Å². The highest BCUT2D eigenvalue weighted by atomic mass is 35.5. The minimum atomic E-state index is -0.415. The number of thioether (sulfide) groups is 1. The summed E-state index contributed by atoms with van der Waals surface area (Å²) in [7, 11) is 0. The van der Waals surface area contributed by atoms with Crippen LogP contribution in [-0.4, -0.2) is 31.4 Å². The van der Waals surface area contributed by atoms with Crippen LogP contribution >= 0.6 is 23.4 Å². The Morgan fingerprint density at radius 1 is 1.18 bits per heavy atom. The maximum Gasteiger partial charge on any atom is 0.160 e. The predicted molar refractivity (Wildman–Crippen MR) is 112 cm³/mol. The molecule has 2 aliphatic heterocycles. The van der Waals surface area contributed by atoms with Gasteiger partial charge in [0.1, 0.15) is 11.9 Å². The number of rotatable bonds is 3. The molecule has 0 aliphatic carbocycles. The van der Waals surface area contributed by atoms with E-state index in [-0.39, 0.29) is 17.1 Å². The number of hydrogen-bond donors (Lipinski definition) is 0. The van der Waals surface area contributed by atoms with Crippen LogP contribution in [0, 0.1) is 5.82 Å². The fourth-order valence-electron chi connectivity index (χ4n) is 3.94. The molecule has 3 atom stereocenters. The minimum Gasteiger partial charge on any atom is -0.339 e. The first kappa shape index (κ1) is 17.8. The normalized spacial score (nSPS) is 23.8. The molecule has 1 fully saturated rings. The third kappa shape index (κ3) is 2.91. The zero-order chi connectivity index (χ0) is 19.3. The number of fused-ring (bicyclic) bond motifs is 1. The average Bonchev–Trinajstić information content (AvgIpc) is 3.38. The van der Waals surface area contributed by atoms with Crippen molar-refractivity contribution in [2.45, 2.75) is 24.3 Å². The Morgan fingerprint density at radius 3 is 2.86 bits per heavy atom. The lowest BCUT2D eigenvalue weighted by atomic mass is 10.0. The van der Waals surface area contributed by atoms with Gasteiger partial charge in [0, 0.05) is 35.6 Å². The Kier molecular flexibility index (Phi) is 4.40. The van der Waals surface area contributed by atoms with E-state index in [4.69, 9.17) is 16.6 Å². The fourth-order valence-corrected chi connectivity index (χ4v) is 5.21. The number of benzene rings is 1. The second-order valence-corrected chi connectivity index (χ2v) is 8.85. The van der Waals surface area contributed by atoms with Crippen LogP contribution in [0.15, 0.2) is 65.9 Å². The molecule has 5 rings (SSSR count). The molecule has 2 aliphatic rings. The number of hydrogen-bond acceptors (Lipinski definition) is 4. The fraction of sp³-hybridized carbons (Fsp3) is 0.238. The monoisotopic (exact) mass is 412 g/mol. The Labute approximate surface area is 172 Å². The van der Waals surface area contributed by atoms with Crippen LogP contribution in [0.2, 0.25) is 5.02 Å². The molecule has 2 aromatic heterocycles. The molecule has 4 heterocycles. The van der Waals surface area contributed by atoms with E-state index in [1.165, 1.54) is 6.07 Å². The zero-order valence-electron chi connectivity index (χ0n) is 15.2. The smallest absolute Gasteiger partial charge is 0.160 e. The van der Waals surface area contributed by atoms with Gasteiger partial charge in [0.05, 0.1) is 16.8 Å². The van der Waals surface area contributed by atoms with Gasteiger partial charge in [-0.25, -0.2) is 4.39 Å². The van der Waals surface area contributed by atoms with Crippen LogP contribution in [0.3, 0.4) is 0 Å². The van der Waals surface area contributed by atoms with E-state index >= 15 is 0 Å². The Morgan fingerprint density at radius 2 is 2.07 bits per heavy atom. The van der Waals surface area contributed by atoms with Gasteiger partial charge < -0.3 is 9.47 Å². The minimum absolute atomic E-state index is 0.0289. The topological polar surface area (TPSA) is 33.4 Å². The van der Waals surface area contributed by atoms with E-state index in [1.54, 1.807) is 12.1 Å². The third-order valence-electron chi connectivity index (χ3n) is 5.15. The van der Waals surface area contributed by atoms with Gasteiger partial charge in [-0.2, -0.15) is 0 Å². The molecule has 0 radical (unpaired) electrons. The molecule has 4 nitrogen and oxygen atoms in total. The number of aromatic nitrogens is 2. The van der Waals surface area contributed by atoms with Crippen molar-refractivity contribution < 1.29 is 4.39 Å². The van der Waals surface area contributed by atoms with Crippen LogP contribution in [0.1, 0.15) is 30.4 Å². The first-order chi connectivity index (χ1) is 13.6. The van der Waals surface area contributed by atoms with Gasteiger partial charge in [-0.05, 0) is 42.5 Å². The third-order valence-corrected chi connectivity index (χ3v) is 6.54. The molecule has 1 aromatic carbocycles. The number of halogens is 2.